The Kier molecular flexibility index (Phi) is 5.09. The van der Waals surface area contributed by atoms with E-state index in [2.05, 4.69) is 10.6 Å². The maximum atomic E-state index is 12.3. The molecule has 1 aromatic carbocycles. The molecule has 0 radical (unpaired) electrons. The summed E-state index contributed by atoms with van der Waals surface area (Å²) < 4.78 is 0. The average molecular weight is 288 g/mol. The van der Waals surface area contributed by atoms with Crippen LogP contribution in [0.1, 0.15) is 31.2 Å². The molecule has 2 rings (SSSR count). The molecular formula is C16H20N2O3. The number of ketones is 1. The van der Waals surface area contributed by atoms with Gasteiger partial charge in [-0.05, 0) is 12.0 Å². The zero-order valence-corrected chi connectivity index (χ0v) is 12.1. The highest BCUT2D eigenvalue weighted by atomic mass is 16.2. The molecule has 1 fully saturated rings. The van der Waals surface area contributed by atoms with Gasteiger partial charge in [0.2, 0.25) is 11.7 Å². The molecule has 2 amide bonds. The molecule has 1 saturated heterocycles. The smallest absolute Gasteiger partial charge is 0.287 e. The van der Waals surface area contributed by atoms with E-state index in [-0.39, 0.29) is 12.5 Å². The zero-order chi connectivity index (χ0) is 15.2. The summed E-state index contributed by atoms with van der Waals surface area (Å²) in [4.78, 5) is 36.1. The molecule has 0 unspecified atom stereocenters. The molecule has 0 aromatic heterocycles. The Labute approximate surface area is 124 Å². The van der Waals surface area contributed by atoms with E-state index in [1.54, 1.807) is 0 Å². The van der Waals surface area contributed by atoms with Gasteiger partial charge in [-0.25, -0.2) is 0 Å². The molecule has 112 valence electrons. The fourth-order valence-electron chi connectivity index (χ4n) is 2.54. The summed E-state index contributed by atoms with van der Waals surface area (Å²) in [7, 11) is 0. The van der Waals surface area contributed by atoms with Crippen molar-refractivity contribution in [1.82, 2.24) is 10.6 Å². The van der Waals surface area contributed by atoms with E-state index in [9.17, 15) is 14.4 Å². The normalized spacial score (nSPS) is 20.9. The van der Waals surface area contributed by atoms with Gasteiger partial charge in [0.25, 0.3) is 5.91 Å². The maximum Gasteiger partial charge on any atom is 0.287 e. The standard InChI is InChI=1S/C16H20N2O3/c1-2-3-9-17-16(21)14(19)12-10-18-15(20)13(12)11-7-5-4-6-8-11/h4-8,12-13H,2-3,9-10H2,1H3,(H,17,21)(H,18,20)/t12-,13+/m0/s1. The number of Topliss-reactive ketones (excluding diaryl/α,β-unsaturated/α-hetero) is 1. The quantitative estimate of drug-likeness (QED) is 0.606. The average Bonchev–Trinajstić information content (AvgIpc) is 2.89. The minimum absolute atomic E-state index is 0.194. The number of carbonyl (C=O) groups excluding carboxylic acids is 3. The Balaban J connectivity index is 2.09. The lowest BCUT2D eigenvalue weighted by molar-refractivity contribution is -0.140. The van der Waals surface area contributed by atoms with Crippen molar-refractivity contribution in [2.24, 2.45) is 5.92 Å². The Hall–Kier alpha value is -2.17. The summed E-state index contributed by atoms with van der Waals surface area (Å²) in [6, 6.07) is 9.12. The molecule has 1 aliphatic rings. The maximum absolute atomic E-state index is 12.3. The van der Waals surface area contributed by atoms with E-state index in [1.807, 2.05) is 37.3 Å². The predicted molar refractivity (Wildman–Crippen MR) is 78.6 cm³/mol. The van der Waals surface area contributed by atoms with Crippen LogP contribution in [0, 0.1) is 5.92 Å². The van der Waals surface area contributed by atoms with Crippen LogP contribution in [0.3, 0.4) is 0 Å². The van der Waals surface area contributed by atoms with Crippen molar-refractivity contribution in [1.29, 1.82) is 0 Å². The van der Waals surface area contributed by atoms with E-state index < -0.39 is 23.5 Å². The monoisotopic (exact) mass is 288 g/mol. The summed E-state index contributed by atoms with van der Waals surface area (Å²) in [5, 5.41) is 5.30. The van der Waals surface area contributed by atoms with Crippen molar-refractivity contribution in [3.8, 4) is 0 Å². The third-order valence-electron chi connectivity index (χ3n) is 3.72. The summed E-state index contributed by atoms with van der Waals surface area (Å²) in [6.45, 7) is 2.72. The highest BCUT2D eigenvalue weighted by Gasteiger charge is 2.42. The van der Waals surface area contributed by atoms with Gasteiger partial charge >= 0.3 is 0 Å². The van der Waals surface area contributed by atoms with Crippen LogP contribution >= 0.6 is 0 Å². The zero-order valence-electron chi connectivity index (χ0n) is 12.1. The third kappa shape index (κ3) is 3.48. The number of hydrogen-bond donors (Lipinski definition) is 2. The summed E-state index contributed by atoms with van der Waals surface area (Å²) in [5.41, 5.74) is 0.771. The number of hydrogen-bond acceptors (Lipinski definition) is 3. The number of nitrogens with one attached hydrogen (secondary N) is 2. The van der Waals surface area contributed by atoms with E-state index in [0.29, 0.717) is 6.54 Å². The lowest BCUT2D eigenvalue weighted by Crippen LogP contribution is -2.38. The van der Waals surface area contributed by atoms with E-state index in [0.717, 1.165) is 18.4 Å². The Morgan fingerprint density at radius 2 is 2.00 bits per heavy atom. The summed E-state index contributed by atoms with van der Waals surface area (Å²) in [5.74, 6) is -2.50. The first-order valence-electron chi connectivity index (χ1n) is 7.29. The lowest BCUT2D eigenvalue weighted by atomic mass is 9.85. The van der Waals surface area contributed by atoms with Gasteiger partial charge in [-0.2, -0.15) is 0 Å². The number of carbonyl (C=O) groups is 3. The van der Waals surface area contributed by atoms with Gasteiger partial charge in [0, 0.05) is 13.1 Å². The van der Waals surface area contributed by atoms with Crippen molar-refractivity contribution >= 4 is 17.6 Å². The number of rotatable bonds is 6. The van der Waals surface area contributed by atoms with Gasteiger partial charge in [-0.15, -0.1) is 0 Å². The van der Waals surface area contributed by atoms with Gasteiger partial charge in [0.05, 0.1) is 11.8 Å². The molecule has 0 aliphatic carbocycles. The second kappa shape index (κ2) is 7.02. The first-order valence-corrected chi connectivity index (χ1v) is 7.29. The van der Waals surface area contributed by atoms with Crippen molar-refractivity contribution in [3.05, 3.63) is 35.9 Å². The lowest BCUT2D eigenvalue weighted by Gasteiger charge is -2.15. The summed E-state index contributed by atoms with van der Waals surface area (Å²) in [6.07, 6.45) is 1.79. The molecule has 1 heterocycles. The predicted octanol–water partition coefficient (Wildman–Crippen LogP) is 1.00. The van der Waals surface area contributed by atoms with Crippen LogP contribution in [0.15, 0.2) is 30.3 Å². The molecule has 1 aromatic rings. The number of unbranched alkanes of at least 4 members (excludes halogenated alkanes) is 1. The fraction of sp³-hybridized carbons (Fsp3) is 0.438. The third-order valence-corrected chi connectivity index (χ3v) is 3.72. The van der Waals surface area contributed by atoms with Crippen LogP contribution in [0.5, 0.6) is 0 Å². The van der Waals surface area contributed by atoms with Crippen LogP contribution in [0.25, 0.3) is 0 Å². The molecule has 5 nitrogen and oxygen atoms in total. The molecule has 21 heavy (non-hydrogen) atoms. The van der Waals surface area contributed by atoms with Crippen molar-refractivity contribution in [2.75, 3.05) is 13.1 Å². The molecule has 2 N–H and O–H groups in total. The molecule has 5 heteroatoms. The molecule has 1 aliphatic heterocycles. The van der Waals surface area contributed by atoms with Gasteiger partial charge < -0.3 is 10.6 Å². The van der Waals surface area contributed by atoms with Crippen LogP contribution < -0.4 is 10.6 Å². The minimum atomic E-state index is -0.624. The van der Waals surface area contributed by atoms with Crippen LogP contribution in [0.4, 0.5) is 0 Å². The number of benzene rings is 1. The largest absolute Gasteiger partial charge is 0.355 e. The minimum Gasteiger partial charge on any atom is -0.355 e. The second-order valence-corrected chi connectivity index (χ2v) is 5.21. The van der Waals surface area contributed by atoms with Crippen LogP contribution in [-0.2, 0) is 14.4 Å². The van der Waals surface area contributed by atoms with Crippen LogP contribution in [0.2, 0.25) is 0 Å². The van der Waals surface area contributed by atoms with Crippen molar-refractivity contribution in [2.45, 2.75) is 25.7 Å². The first kappa shape index (κ1) is 15.2. The topological polar surface area (TPSA) is 75.3 Å². The van der Waals surface area contributed by atoms with Crippen molar-refractivity contribution < 1.29 is 14.4 Å². The van der Waals surface area contributed by atoms with Gasteiger partial charge in [0.15, 0.2) is 0 Å². The summed E-state index contributed by atoms with van der Waals surface area (Å²) >= 11 is 0. The van der Waals surface area contributed by atoms with Gasteiger partial charge in [-0.1, -0.05) is 43.7 Å². The molecule has 0 bridgehead atoms. The Morgan fingerprint density at radius 3 is 2.67 bits per heavy atom. The molecule has 0 saturated carbocycles. The molecule has 2 atom stereocenters. The van der Waals surface area contributed by atoms with E-state index >= 15 is 0 Å². The number of amides is 2. The van der Waals surface area contributed by atoms with Crippen LogP contribution in [-0.4, -0.2) is 30.7 Å². The SMILES string of the molecule is CCCCNC(=O)C(=O)[C@H]1CNC(=O)[C@@H]1c1ccccc1. The fourth-order valence-corrected chi connectivity index (χ4v) is 2.54. The van der Waals surface area contributed by atoms with Crippen molar-refractivity contribution in [3.63, 3.8) is 0 Å². The van der Waals surface area contributed by atoms with E-state index in [1.165, 1.54) is 0 Å². The Bertz CT molecular complexity index is 528. The first-order chi connectivity index (χ1) is 10.1. The highest BCUT2D eigenvalue weighted by molar-refractivity contribution is 6.37. The van der Waals surface area contributed by atoms with Gasteiger partial charge in [-0.3, -0.25) is 14.4 Å². The Morgan fingerprint density at radius 1 is 1.29 bits per heavy atom. The second-order valence-electron chi connectivity index (χ2n) is 5.21. The molecule has 0 spiro atoms. The van der Waals surface area contributed by atoms with Gasteiger partial charge in [0.1, 0.15) is 0 Å². The molecular weight excluding hydrogens is 268 g/mol. The van der Waals surface area contributed by atoms with E-state index in [4.69, 9.17) is 0 Å². The highest BCUT2D eigenvalue weighted by Crippen LogP contribution is 2.29.